The molecule has 0 unspecified atom stereocenters. The van der Waals surface area contributed by atoms with E-state index in [-0.39, 0.29) is 5.41 Å². The van der Waals surface area contributed by atoms with Crippen molar-refractivity contribution in [3.63, 3.8) is 0 Å². The van der Waals surface area contributed by atoms with Crippen molar-refractivity contribution in [2.45, 2.75) is 26.3 Å². The lowest BCUT2D eigenvalue weighted by Gasteiger charge is -2.33. The summed E-state index contributed by atoms with van der Waals surface area (Å²) in [6.45, 7) is 4.91. The van der Waals surface area contributed by atoms with Crippen molar-refractivity contribution in [1.82, 2.24) is 14.5 Å². The molecule has 0 amide bonds. The van der Waals surface area contributed by atoms with Crippen LogP contribution in [0.3, 0.4) is 0 Å². The van der Waals surface area contributed by atoms with Crippen molar-refractivity contribution in [1.29, 1.82) is 0 Å². The van der Waals surface area contributed by atoms with Crippen LogP contribution in [0.25, 0.3) is 11.2 Å². The van der Waals surface area contributed by atoms with E-state index in [1.165, 1.54) is 0 Å². The topological polar surface area (TPSA) is 42.8 Å². The third kappa shape index (κ3) is 2.08. The monoisotopic (exact) mass is 263 g/mol. The quantitative estimate of drug-likeness (QED) is 0.847. The lowest BCUT2D eigenvalue weighted by Crippen LogP contribution is -2.31. The van der Waals surface area contributed by atoms with Gasteiger partial charge in [0.25, 0.3) is 0 Å². The summed E-state index contributed by atoms with van der Waals surface area (Å²) in [4.78, 5) is 7.65. The van der Waals surface area contributed by atoms with Crippen molar-refractivity contribution >= 4 is 23.4 Å². The van der Waals surface area contributed by atoms with Gasteiger partial charge in [0.2, 0.25) is 0 Å². The molecule has 0 aromatic carbocycles. The van der Waals surface area contributed by atoms with Crippen molar-refractivity contribution in [3.8, 4) is 0 Å². The molecule has 0 saturated carbocycles. The van der Waals surface area contributed by atoms with Gasteiger partial charge in [-0.2, -0.15) is 0 Å². The minimum atomic E-state index is 0.253. The first-order valence-electron chi connectivity index (χ1n) is 6.29. The average Bonchev–Trinajstić information content (AvgIpc) is 2.67. The minimum Gasteiger partial charge on any atom is -0.381 e. The molecule has 1 saturated heterocycles. The Morgan fingerprint density at radius 2 is 2.28 bits per heavy atom. The molecule has 1 fully saturated rings. The smallest absolute Gasteiger partial charge is 0.179 e. The van der Waals surface area contributed by atoms with E-state index in [0.717, 1.165) is 48.5 Å². The van der Waals surface area contributed by atoms with Crippen LogP contribution in [0.1, 0.15) is 19.8 Å². The van der Waals surface area contributed by atoms with E-state index in [0.29, 0.717) is 0 Å². The third-order valence-corrected chi connectivity index (χ3v) is 4.09. The fourth-order valence-electron chi connectivity index (χ4n) is 2.54. The number of nitrogens with one attached hydrogen (secondary N) is 1. The number of aromatic nitrogens is 3. The summed E-state index contributed by atoms with van der Waals surface area (Å²) in [6, 6.07) is 3.94. The summed E-state index contributed by atoms with van der Waals surface area (Å²) >= 11 is 5.41. The summed E-state index contributed by atoms with van der Waals surface area (Å²) in [7, 11) is 0. The number of fused-ring (bicyclic) bond motifs is 1. The van der Waals surface area contributed by atoms with Gasteiger partial charge in [-0.15, -0.1) is 0 Å². The van der Waals surface area contributed by atoms with Gasteiger partial charge in [0.15, 0.2) is 10.4 Å². The maximum absolute atomic E-state index is 5.44. The van der Waals surface area contributed by atoms with Gasteiger partial charge >= 0.3 is 0 Å². The van der Waals surface area contributed by atoms with Crippen LogP contribution >= 0.6 is 12.2 Å². The van der Waals surface area contributed by atoms with Crippen LogP contribution in [0, 0.1) is 10.2 Å². The van der Waals surface area contributed by atoms with Gasteiger partial charge in [0.1, 0.15) is 0 Å². The van der Waals surface area contributed by atoms with Crippen LogP contribution < -0.4 is 0 Å². The normalized spacial score (nSPS) is 19.2. The SMILES string of the molecule is CC1(Cn2c(=S)[nH]c3cccnc32)CCOCC1. The van der Waals surface area contributed by atoms with E-state index < -0.39 is 0 Å². The fourth-order valence-corrected chi connectivity index (χ4v) is 2.80. The van der Waals surface area contributed by atoms with Crippen molar-refractivity contribution in [3.05, 3.63) is 23.1 Å². The molecule has 1 aliphatic rings. The Bertz CT molecular complexity index is 610. The highest BCUT2D eigenvalue weighted by atomic mass is 32.1. The van der Waals surface area contributed by atoms with Crippen LogP contribution in [0.2, 0.25) is 0 Å². The highest BCUT2D eigenvalue weighted by molar-refractivity contribution is 7.71. The zero-order valence-corrected chi connectivity index (χ0v) is 11.3. The van der Waals surface area contributed by atoms with Crippen molar-refractivity contribution in [2.75, 3.05) is 13.2 Å². The van der Waals surface area contributed by atoms with Gasteiger partial charge in [-0.1, -0.05) is 6.92 Å². The van der Waals surface area contributed by atoms with E-state index >= 15 is 0 Å². The molecule has 1 N–H and O–H groups in total. The van der Waals surface area contributed by atoms with E-state index in [9.17, 15) is 0 Å². The summed E-state index contributed by atoms with van der Waals surface area (Å²) < 4.78 is 8.32. The molecule has 0 radical (unpaired) electrons. The molecule has 3 rings (SSSR count). The molecule has 0 atom stereocenters. The molecule has 0 bridgehead atoms. The minimum absolute atomic E-state index is 0.253. The molecule has 0 aliphatic carbocycles. The molecule has 2 aromatic heterocycles. The number of hydrogen-bond acceptors (Lipinski definition) is 3. The first kappa shape index (κ1) is 11.9. The Labute approximate surface area is 111 Å². The maximum atomic E-state index is 5.44. The summed E-state index contributed by atoms with van der Waals surface area (Å²) in [5, 5.41) is 0. The van der Waals surface area contributed by atoms with Gasteiger partial charge in [0, 0.05) is 26.0 Å². The predicted molar refractivity (Wildman–Crippen MR) is 73.1 cm³/mol. The van der Waals surface area contributed by atoms with E-state index in [1.54, 1.807) is 0 Å². The van der Waals surface area contributed by atoms with Crippen molar-refractivity contribution in [2.24, 2.45) is 5.41 Å². The zero-order valence-electron chi connectivity index (χ0n) is 10.5. The van der Waals surface area contributed by atoms with Crippen LogP contribution in [-0.4, -0.2) is 27.7 Å². The van der Waals surface area contributed by atoms with Crippen LogP contribution in [0.4, 0.5) is 0 Å². The van der Waals surface area contributed by atoms with Crippen LogP contribution in [0.5, 0.6) is 0 Å². The standard InChI is InChI=1S/C13H17N3OS/c1-13(4-7-17-8-5-13)9-16-11-10(15-12(16)18)3-2-6-14-11/h2-3,6H,4-5,7-9H2,1H3,(H,15,18). The second kappa shape index (κ2) is 4.48. The molecule has 96 valence electrons. The van der Waals surface area contributed by atoms with Crippen molar-refractivity contribution < 1.29 is 4.74 Å². The Morgan fingerprint density at radius 3 is 3.06 bits per heavy atom. The summed E-state index contributed by atoms with van der Waals surface area (Å²) in [5.41, 5.74) is 2.22. The molecule has 18 heavy (non-hydrogen) atoms. The molecular formula is C13H17N3OS. The Morgan fingerprint density at radius 1 is 1.50 bits per heavy atom. The van der Waals surface area contributed by atoms with Gasteiger partial charge in [-0.3, -0.25) is 0 Å². The lowest BCUT2D eigenvalue weighted by atomic mass is 9.82. The number of nitrogens with zero attached hydrogens (tertiary/aromatic N) is 2. The number of imidazole rings is 1. The van der Waals surface area contributed by atoms with E-state index in [2.05, 4.69) is 21.5 Å². The lowest BCUT2D eigenvalue weighted by molar-refractivity contribution is 0.0158. The molecule has 0 spiro atoms. The first-order valence-corrected chi connectivity index (χ1v) is 6.70. The third-order valence-electron chi connectivity index (χ3n) is 3.77. The molecule has 3 heterocycles. The predicted octanol–water partition coefficient (Wildman–Crippen LogP) is 2.91. The number of aromatic amines is 1. The molecule has 1 aliphatic heterocycles. The number of ether oxygens (including phenoxy) is 1. The Hall–Kier alpha value is -1.20. The first-order chi connectivity index (χ1) is 8.68. The van der Waals surface area contributed by atoms with E-state index in [4.69, 9.17) is 17.0 Å². The van der Waals surface area contributed by atoms with Gasteiger partial charge < -0.3 is 14.3 Å². The second-order valence-electron chi connectivity index (χ2n) is 5.31. The van der Waals surface area contributed by atoms with Crippen LogP contribution in [-0.2, 0) is 11.3 Å². The molecule has 5 heteroatoms. The van der Waals surface area contributed by atoms with Crippen LogP contribution in [0.15, 0.2) is 18.3 Å². The fraction of sp³-hybridized carbons (Fsp3) is 0.538. The Kier molecular flexibility index (Phi) is 2.95. The number of hydrogen-bond donors (Lipinski definition) is 1. The largest absolute Gasteiger partial charge is 0.381 e. The Balaban J connectivity index is 1.99. The van der Waals surface area contributed by atoms with Gasteiger partial charge in [-0.05, 0) is 42.6 Å². The summed E-state index contributed by atoms with van der Waals surface area (Å²) in [5.74, 6) is 0. The molecule has 4 nitrogen and oxygen atoms in total. The second-order valence-corrected chi connectivity index (χ2v) is 5.70. The average molecular weight is 263 g/mol. The molecular weight excluding hydrogens is 246 g/mol. The summed E-state index contributed by atoms with van der Waals surface area (Å²) in [6.07, 6.45) is 3.97. The zero-order chi connectivity index (χ0) is 12.6. The number of H-pyrrole nitrogens is 1. The van der Waals surface area contributed by atoms with Gasteiger partial charge in [-0.25, -0.2) is 4.98 Å². The number of rotatable bonds is 2. The highest BCUT2D eigenvalue weighted by Gasteiger charge is 2.28. The number of pyridine rings is 1. The maximum Gasteiger partial charge on any atom is 0.179 e. The highest BCUT2D eigenvalue weighted by Crippen LogP contribution is 2.32. The van der Waals surface area contributed by atoms with Gasteiger partial charge in [0.05, 0.1) is 5.52 Å². The molecule has 2 aromatic rings. The van der Waals surface area contributed by atoms with E-state index in [1.807, 2.05) is 18.3 Å².